The molecule has 0 spiro atoms. The molecule has 2 aromatic rings. The molecule has 0 saturated heterocycles. The molecule has 0 radical (unpaired) electrons. The van der Waals surface area contributed by atoms with Crippen LogP contribution in [0.5, 0.6) is 0 Å². The van der Waals surface area contributed by atoms with Crippen molar-refractivity contribution in [1.82, 2.24) is 0 Å². The summed E-state index contributed by atoms with van der Waals surface area (Å²) in [6, 6.07) is 15.4. The third-order valence-electron chi connectivity index (χ3n) is 4.97. The van der Waals surface area contributed by atoms with Gasteiger partial charge in [-0.05, 0) is 31.9 Å². The third-order valence-corrected chi connectivity index (χ3v) is 4.97. The largest absolute Gasteiger partial charge is 0.442 e. The lowest BCUT2D eigenvalue weighted by atomic mass is 9.89. The second-order valence-corrected chi connectivity index (χ2v) is 7.14. The lowest BCUT2D eigenvalue weighted by molar-refractivity contribution is -0.169. The number of rotatable bonds is 5. The van der Waals surface area contributed by atoms with Gasteiger partial charge in [-0.25, -0.2) is 9.59 Å². The van der Waals surface area contributed by atoms with Crippen LogP contribution in [0.15, 0.2) is 54.6 Å². The summed E-state index contributed by atoms with van der Waals surface area (Å²) in [4.78, 5) is 37.6. The maximum Gasteiger partial charge on any atom is 0.359 e. The quantitative estimate of drug-likeness (QED) is 0.562. The Morgan fingerprint density at radius 1 is 0.893 bits per heavy atom. The molecule has 146 valence electrons. The molecule has 0 amide bonds. The summed E-state index contributed by atoms with van der Waals surface area (Å²) in [6.45, 7) is 1.91. The SMILES string of the molecule is Cc1ccc(C(=O)OC(C(=O)OC(=O)C2CCCCC2)c2ccccc2)cc1. The third kappa shape index (κ3) is 5.06. The summed E-state index contributed by atoms with van der Waals surface area (Å²) in [7, 11) is 0. The van der Waals surface area contributed by atoms with Crippen LogP contribution >= 0.6 is 0 Å². The molecule has 5 heteroatoms. The summed E-state index contributed by atoms with van der Waals surface area (Å²) in [6.07, 6.45) is 3.18. The zero-order valence-electron chi connectivity index (χ0n) is 15.9. The normalized spacial score (nSPS) is 15.5. The molecule has 28 heavy (non-hydrogen) atoms. The van der Waals surface area contributed by atoms with Gasteiger partial charge in [0, 0.05) is 5.56 Å². The topological polar surface area (TPSA) is 69.7 Å². The number of benzene rings is 2. The molecule has 5 nitrogen and oxygen atoms in total. The molecule has 1 fully saturated rings. The number of carbonyl (C=O) groups excluding carboxylic acids is 3. The molecule has 0 N–H and O–H groups in total. The van der Waals surface area contributed by atoms with Crippen molar-refractivity contribution in [2.75, 3.05) is 0 Å². The summed E-state index contributed by atoms with van der Waals surface area (Å²) in [5, 5.41) is 0. The molecule has 1 aliphatic rings. The minimum absolute atomic E-state index is 0.262. The molecule has 2 aromatic carbocycles. The molecule has 0 aromatic heterocycles. The predicted octanol–water partition coefficient (Wildman–Crippen LogP) is 4.54. The van der Waals surface area contributed by atoms with Crippen LogP contribution in [0.1, 0.15) is 59.7 Å². The summed E-state index contributed by atoms with van der Waals surface area (Å²) >= 11 is 0. The number of aryl methyl sites for hydroxylation is 1. The molecule has 0 aliphatic heterocycles. The Balaban J connectivity index is 1.75. The van der Waals surface area contributed by atoms with E-state index in [1.54, 1.807) is 54.6 Å². The Hall–Kier alpha value is -2.95. The second-order valence-electron chi connectivity index (χ2n) is 7.14. The minimum atomic E-state index is -1.29. The molecule has 1 atom stereocenters. The summed E-state index contributed by atoms with van der Waals surface area (Å²) in [5.41, 5.74) is 1.80. The van der Waals surface area contributed by atoms with Gasteiger partial charge >= 0.3 is 17.9 Å². The van der Waals surface area contributed by atoms with E-state index >= 15 is 0 Å². The average molecular weight is 380 g/mol. The van der Waals surface area contributed by atoms with Crippen LogP contribution in [0.3, 0.4) is 0 Å². The van der Waals surface area contributed by atoms with Gasteiger partial charge in [-0.2, -0.15) is 0 Å². The molecular formula is C23H24O5. The first-order chi connectivity index (χ1) is 13.5. The van der Waals surface area contributed by atoms with Crippen molar-refractivity contribution < 1.29 is 23.9 Å². The summed E-state index contributed by atoms with van der Waals surface area (Å²) < 4.78 is 10.6. The zero-order chi connectivity index (χ0) is 19.9. The van der Waals surface area contributed by atoms with Crippen molar-refractivity contribution in [3.8, 4) is 0 Å². The van der Waals surface area contributed by atoms with Gasteiger partial charge in [-0.1, -0.05) is 67.3 Å². The van der Waals surface area contributed by atoms with Crippen LogP contribution < -0.4 is 0 Å². The Kier molecular flexibility index (Phi) is 6.58. The molecule has 3 rings (SSSR count). The maximum absolute atomic E-state index is 12.7. The van der Waals surface area contributed by atoms with Crippen molar-refractivity contribution in [2.45, 2.75) is 45.1 Å². The van der Waals surface area contributed by atoms with E-state index in [2.05, 4.69) is 0 Å². The summed E-state index contributed by atoms with van der Waals surface area (Å²) in [5.74, 6) is -2.29. The van der Waals surface area contributed by atoms with Gasteiger partial charge in [0.15, 0.2) is 0 Å². The van der Waals surface area contributed by atoms with Crippen LogP contribution in [0.4, 0.5) is 0 Å². The fourth-order valence-corrected chi connectivity index (χ4v) is 3.32. The van der Waals surface area contributed by atoms with Crippen molar-refractivity contribution in [3.63, 3.8) is 0 Å². The van der Waals surface area contributed by atoms with Crippen molar-refractivity contribution in [2.24, 2.45) is 5.92 Å². The number of hydrogen-bond acceptors (Lipinski definition) is 5. The maximum atomic E-state index is 12.7. The van der Waals surface area contributed by atoms with E-state index in [-0.39, 0.29) is 5.92 Å². The van der Waals surface area contributed by atoms with Gasteiger partial charge in [-0.15, -0.1) is 0 Å². The highest BCUT2D eigenvalue weighted by atomic mass is 16.6. The minimum Gasteiger partial charge on any atom is -0.442 e. The Labute approximate surface area is 164 Å². The Bertz CT molecular complexity index is 820. The number of esters is 3. The van der Waals surface area contributed by atoms with Crippen molar-refractivity contribution >= 4 is 17.9 Å². The van der Waals surface area contributed by atoms with Crippen molar-refractivity contribution in [1.29, 1.82) is 0 Å². The average Bonchev–Trinajstić information content (AvgIpc) is 2.73. The zero-order valence-corrected chi connectivity index (χ0v) is 15.9. The molecule has 1 saturated carbocycles. The fraction of sp³-hybridized carbons (Fsp3) is 0.348. The van der Waals surface area contributed by atoms with E-state index in [1.807, 2.05) is 6.92 Å². The highest BCUT2D eigenvalue weighted by Crippen LogP contribution is 2.27. The molecule has 0 bridgehead atoms. The first-order valence-electron chi connectivity index (χ1n) is 9.63. The number of carbonyl (C=O) groups is 3. The molecule has 1 aliphatic carbocycles. The number of hydrogen-bond donors (Lipinski definition) is 0. The van der Waals surface area contributed by atoms with E-state index in [4.69, 9.17) is 9.47 Å². The van der Waals surface area contributed by atoms with Gasteiger partial charge in [0.25, 0.3) is 0 Å². The van der Waals surface area contributed by atoms with Gasteiger partial charge in [0.1, 0.15) is 0 Å². The monoisotopic (exact) mass is 380 g/mol. The number of ether oxygens (including phenoxy) is 2. The van der Waals surface area contributed by atoms with Crippen LogP contribution in [-0.2, 0) is 19.1 Å². The first-order valence-corrected chi connectivity index (χ1v) is 9.63. The molecule has 1 unspecified atom stereocenters. The van der Waals surface area contributed by atoms with Crippen molar-refractivity contribution in [3.05, 3.63) is 71.3 Å². The highest BCUT2D eigenvalue weighted by molar-refractivity contribution is 5.94. The van der Waals surface area contributed by atoms with E-state index in [1.165, 1.54) is 0 Å². The van der Waals surface area contributed by atoms with E-state index < -0.39 is 24.0 Å². The standard InChI is InChI=1S/C23H24O5/c1-16-12-14-19(15-13-16)21(24)27-20(17-8-4-2-5-9-17)23(26)28-22(25)18-10-6-3-7-11-18/h2,4-5,8-9,12-15,18,20H,3,6-7,10-11H2,1H3. The molecule has 0 heterocycles. The smallest absolute Gasteiger partial charge is 0.359 e. The lowest BCUT2D eigenvalue weighted by Crippen LogP contribution is -2.28. The van der Waals surface area contributed by atoms with Crippen LogP contribution in [0.2, 0.25) is 0 Å². The Morgan fingerprint density at radius 3 is 2.18 bits per heavy atom. The van der Waals surface area contributed by atoms with Gasteiger partial charge in [0.05, 0.1) is 11.5 Å². The Morgan fingerprint density at radius 2 is 1.54 bits per heavy atom. The van der Waals surface area contributed by atoms with Crippen LogP contribution in [-0.4, -0.2) is 17.9 Å². The molecular weight excluding hydrogens is 356 g/mol. The van der Waals surface area contributed by atoms with E-state index in [0.717, 1.165) is 37.7 Å². The first kappa shape index (κ1) is 19.8. The highest BCUT2D eigenvalue weighted by Gasteiger charge is 2.32. The van der Waals surface area contributed by atoms with Gasteiger partial charge in [0.2, 0.25) is 6.10 Å². The van der Waals surface area contributed by atoms with E-state index in [0.29, 0.717) is 11.1 Å². The van der Waals surface area contributed by atoms with Gasteiger partial charge in [-0.3, -0.25) is 4.79 Å². The van der Waals surface area contributed by atoms with Crippen LogP contribution in [0.25, 0.3) is 0 Å². The predicted molar refractivity (Wildman–Crippen MR) is 103 cm³/mol. The van der Waals surface area contributed by atoms with Gasteiger partial charge < -0.3 is 9.47 Å². The van der Waals surface area contributed by atoms with Crippen LogP contribution in [0, 0.1) is 12.8 Å². The fourth-order valence-electron chi connectivity index (χ4n) is 3.32. The lowest BCUT2D eigenvalue weighted by Gasteiger charge is -2.21. The van der Waals surface area contributed by atoms with E-state index in [9.17, 15) is 14.4 Å². The second kappa shape index (κ2) is 9.31.